The van der Waals surface area contributed by atoms with Gasteiger partial charge in [0, 0.05) is 25.3 Å². The SMILES string of the molecule is O=C(NCCCN1CCCc2ccccc21)c1ccccc1Cl. The molecular weight excluding hydrogens is 308 g/mol. The van der Waals surface area contributed by atoms with Gasteiger partial charge >= 0.3 is 0 Å². The molecule has 1 amide bonds. The van der Waals surface area contributed by atoms with Gasteiger partial charge in [-0.25, -0.2) is 0 Å². The second-order valence-corrected chi connectivity index (χ2v) is 6.22. The van der Waals surface area contributed by atoms with Gasteiger partial charge in [0.25, 0.3) is 5.91 Å². The molecule has 1 heterocycles. The highest BCUT2D eigenvalue weighted by atomic mass is 35.5. The third-order valence-corrected chi connectivity index (χ3v) is 4.54. The van der Waals surface area contributed by atoms with E-state index in [1.807, 2.05) is 12.1 Å². The van der Waals surface area contributed by atoms with Crippen molar-refractivity contribution in [2.45, 2.75) is 19.3 Å². The number of amides is 1. The number of halogens is 1. The van der Waals surface area contributed by atoms with Gasteiger partial charge in [-0.15, -0.1) is 0 Å². The zero-order chi connectivity index (χ0) is 16.1. The minimum absolute atomic E-state index is 0.102. The molecule has 0 bridgehead atoms. The fraction of sp³-hybridized carbons (Fsp3) is 0.316. The van der Waals surface area contributed by atoms with E-state index in [1.165, 1.54) is 17.7 Å². The fourth-order valence-electron chi connectivity index (χ4n) is 3.06. The Morgan fingerprint density at radius 3 is 2.78 bits per heavy atom. The molecule has 120 valence electrons. The Morgan fingerprint density at radius 2 is 1.91 bits per heavy atom. The summed E-state index contributed by atoms with van der Waals surface area (Å²) in [6.45, 7) is 2.71. The third kappa shape index (κ3) is 3.85. The van der Waals surface area contributed by atoms with Crippen LogP contribution in [0.4, 0.5) is 5.69 Å². The maximum Gasteiger partial charge on any atom is 0.252 e. The van der Waals surface area contributed by atoms with Gasteiger partial charge in [0.15, 0.2) is 0 Å². The molecule has 0 atom stereocenters. The predicted molar refractivity (Wildman–Crippen MR) is 95.4 cm³/mol. The lowest BCUT2D eigenvalue weighted by Gasteiger charge is -2.31. The van der Waals surface area contributed by atoms with Gasteiger partial charge in [-0.3, -0.25) is 4.79 Å². The number of anilines is 1. The van der Waals surface area contributed by atoms with Crippen molar-refractivity contribution in [2.24, 2.45) is 0 Å². The van der Waals surface area contributed by atoms with Crippen molar-refractivity contribution in [2.75, 3.05) is 24.5 Å². The summed E-state index contributed by atoms with van der Waals surface area (Å²) in [5, 5.41) is 3.45. The van der Waals surface area contributed by atoms with Crippen LogP contribution in [0.3, 0.4) is 0 Å². The van der Waals surface area contributed by atoms with Crippen molar-refractivity contribution in [3.05, 3.63) is 64.7 Å². The van der Waals surface area contributed by atoms with Crippen LogP contribution >= 0.6 is 11.6 Å². The van der Waals surface area contributed by atoms with Crippen molar-refractivity contribution in [1.82, 2.24) is 5.32 Å². The quantitative estimate of drug-likeness (QED) is 0.844. The molecule has 3 rings (SSSR count). The highest BCUT2D eigenvalue weighted by Crippen LogP contribution is 2.26. The van der Waals surface area contributed by atoms with E-state index in [0.717, 1.165) is 25.9 Å². The van der Waals surface area contributed by atoms with Crippen LogP contribution in [0.5, 0.6) is 0 Å². The molecule has 0 aliphatic carbocycles. The van der Waals surface area contributed by atoms with Gasteiger partial charge in [0.1, 0.15) is 0 Å². The van der Waals surface area contributed by atoms with E-state index in [1.54, 1.807) is 12.1 Å². The van der Waals surface area contributed by atoms with Crippen LogP contribution in [0.25, 0.3) is 0 Å². The smallest absolute Gasteiger partial charge is 0.252 e. The third-order valence-electron chi connectivity index (χ3n) is 4.22. The first-order chi connectivity index (χ1) is 11.3. The molecule has 0 radical (unpaired) electrons. The van der Waals surface area contributed by atoms with Crippen LogP contribution in [-0.4, -0.2) is 25.5 Å². The largest absolute Gasteiger partial charge is 0.371 e. The van der Waals surface area contributed by atoms with Gasteiger partial charge < -0.3 is 10.2 Å². The minimum Gasteiger partial charge on any atom is -0.371 e. The van der Waals surface area contributed by atoms with Crippen LogP contribution in [0.2, 0.25) is 5.02 Å². The molecule has 2 aromatic carbocycles. The van der Waals surface area contributed by atoms with Crippen molar-refractivity contribution in [3.63, 3.8) is 0 Å². The van der Waals surface area contributed by atoms with E-state index >= 15 is 0 Å². The van der Waals surface area contributed by atoms with Gasteiger partial charge in [-0.1, -0.05) is 41.9 Å². The summed E-state index contributed by atoms with van der Waals surface area (Å²) in [4.78, 5) is 14.5. The maximum absolute atomic E-state index is 12.1. The summed E-state index contributed by atoms with van der Waals surface area (Å²) in [5.41, 5.74) is 3.31. The van der Waals surface area contributed by atoms with Gasteiger partial charge in [0.05, 0.1) is 10.6 Å². The Balaban J connectivity index is 1.49. The summed E-state index contributed by atoms with van der Waals surface area (Å²) < 4.78 is 0. The second-order valence-electron chi connectivity index (χ2n) is 5.81. The Kier molecular flexibility index (Phi) is 5.19. The molecule has 4 heteroatoms. The Bertz CT molecular complexity index is 687. The number of benzene rings is 2. The first-order valence-electron chi connectivity index (χ1n) is 8.11. The number of carbonyl (C=O) groups is 1. The number of rotatable bonds is 5. The highest BCUT2D eigenvalue weighted by Gasteiger charge is 2.15. The van der Waals surface area contributed by atoms with E-state index in [-0.39, 0.29) is 5.91 Å². The number of nitrogens with one attached hydrogen (secondary N) is 1. The topological polar surface area (TPSA) is 32.3 Å². The predicted octanol–water partition coefficient (Wildman–Crippen LogP) is 3.91. The molecular formula is C19H21ClN2O. The molecule has 1 aliphatic rings. The zero-order valence-corrected chi connectivity index (χ0v) is 13.9. The average molecular weight is 329 g/mol. The Morgan fingerprint density at radius 1 is 1.13 bits per heavy atom. The summed E-state index contributed by atoms with van der Waals surface area (Å²) in [6.07, 6.45) is 3.28. The van der Waals surface area contributed by atoms with Gasteiger partial charge in [-0.2, -0.15) is 0 Å². The van der Waals surface area contributed by atoms with Crippen LogP contribution < -0.4 is 10.2 Å². The fourth-order valence-corrected chi connectivity index (χ4v) is 3.28. The van der Waals surface area contributed by atoms with Crippen molar-refractivity contribution in [1.29, 1.82) is 0 Å². The number of para-hydroxylation sites is 1. The summed E-state index contributed by atoms with van der Waals surface area (Å²) >= 11 is 6.04. The van der Waals surface area contributed by atoms with E-state index in [0.29, 0.717) is 17.1 Å². The van der Waals surface area contributed by atoms with Gasteiger partial charge in [0.2, 0.25) is 0 Å². The zero-order valence-electron chi connectivity index (χ0n) is 13.1. The molecule has 0 spiro atoms. The summed E-state index contributed by atoms with van der Waals surface area (Å²) in [5.74, 6) is -0.102. The minimum atomic E-state index is -0.102. The van der Waals surface area contributed by atoms with Crippen molar-refractivity contribution in [3.8, 4) is 0 Å². The maximum atomic E-state index is 12.1. The lowest BCUT2D eigenvalue weighted by molar-refractivity contribution is 0.0953. The molecule has 23 heavy (non-hydrogen) atoms. The number of fused-ring (bicyclic) bond motifs is 1. The highest BCUT2D eigenvalue weighted by molar-refractivity contribution is 6.33. The monoisotopic (exact) mass is 328 g/mol. The number of hydrogen-bond acceptors (Lipinski definition) is 2. The molecule has 0 aromatic heterocycles. The molecule has 0 unspecified atom stereocenters. The average Bonchev–Trinajstić information content (AvgIpc) is 2.59. The molecule has 2 aromatic rings. The first kappa shape index (κ1) is 15.9. The summed E-state index contributed by atoms with van der Waals surface area (Å²) in [6, 6.07) is 15.7. The molecule has 0 saturated carbocycles. The lowest BCUT2D eigenvalue weighted by atomic mass is 10.0. The molecule has 1 N–H and O–H groups in total. The van der Waals surface area contributed by atoms with E-state index in [4.69, 9.17) is 11.6 Å². The van der Waals surface area contributed by atoms with Crippen molar-refractivity contribution < 1.29 is 4.79 Å². The van der Waals surface area contributed by atoms with E-state index in [2.05, 4.69) is 34.5 Å². The van der Waals surface area contributed by atoms with E-state index < -0.39 is 0 Å². The van der Waals surface area contributed by atoms with Crippen LogP contribution in [0, 0.1) is 0 Å². The van der Waals surface area contributed by atoms with Gasteiger partial charge in [-0.05, 0) is 43.0 Å². The van der Waals surface area contributed by atoms with E-state index in [9.17, 15) is 4.79 Å². The number of nitrogens with zero attached hydrogens (tertiary/aromatic N) is 1. The molecule has 0 saturated heterocycles. The van der Waals surface area contributed by atoms with Crippen molar-refractivity contribution >= 4 is 23.2 Å². The number of hydrogen-bond donors (Lipinski definition) is 1. The molecule has 0 fully saturated rings. The number of carbonyl (C=O) groups excluding carboxylic acids is 1. The van der Waals surface area contributed by atoms with Crippen LogP contribution in [0.15, 0.2) is 48.5 Å². The molecule has 1 aliphatic heterocycles. The Labute approximate surface area is 142 Å². The lowest BCUT2D eigenvalue weighted by Crippen LogP contribution is -2.33. The Hall–Kier alpha value is -2.00. The second kappa shape index (κ2) is 7.51. The van der Waals surface area contributed by atoms with Crippen LogP contribution in [-0.2, 0) is 6.42 Å². The molecule has 3 nitrogen and oxygen atoms in total. The number of aryl methyl sites for hydroxylation is 1. The van der Waals surface area contributed by atoms with Crippen LogP contribution in [0.1, 0.15) is 28.8 Å². The summed E-state index contributed by atoms with van der Waals surface area (Å²) in [7, 11) is 0. The normalized spacial score (nSPS) is 13.5. The first-order valence-corrected chi connectivity index (χ1v) is 8.49. The standard InChI is InChI=1S/C19H21ClN2O/c20-17-10-3-2-9-16(17)19(23)21-12-6-14-22-13-5-8-15-7-1-4-11-18(15)22/h1-4,7,9-11H,5-6,8,12-14H2,(H,21,23).